The van der Waals surface area contributed by atoms with Gasteiger partial charge in [0.05, 0.1) is 35.0 Å². The summed E-state index contributed by atoms with van der Waals surface area (Å²) in [6, 6.07) is 9.61. The lowest BCUT2D eigenvalue weighted by molar-refractivity contribution is -0.384. The third kappa shape index (κ3) is 3.36. The molecule has 0 unspecified atom stereocenters. The molecule has 0 spiro atoms. The second kappa shape index (κ2) is 6.21. The first-order valence-electron chi connectivity index (χ1n) is 5.78. The van der Waals surface area contributed by atoms with Crippen LogP contribution in [0.4, 0.5) is 11.4 Å². The number of methoxy groups -OCH3 is 1. The molecule has 0 saturated heterocycles. The molecule has 0 aliphatic carbocycles. The standard InChI is InChI=1S/C13H12ClN3O3/c1-20-13-4-2-3-9(16-13)8-15-12-7-10(17(18)19)5-6-11(12)14/h2-7,15H,8H2,1H3. The Hall–Kier alpha value is -2.34. The van der Waals surface area contributed by atoms with Gasteiger partial charge in [0.15, 0.2) is 0 Å². The van der Waals surface area contributed by atoms with Crippen molar-refractivity contribution >= 4 is 23.0 Å². The molecule has 0 radical (unpaired) electrons. The van der Waals surface area contributed by atoms with Gasteiger partial charge in [-0.05, 0) is 12.1 Å². The fourth-order valence-corrected chi connectivity index (χ4v) is 1.80. The van der Waals surface area contributed by atoms with E-state index in [1.807, 2.05) is 12.1 Å². The molecule has 0 aliphatic heterocycles. The van der Waals surface area contributed by atoms with Crippen molar-refractivity contribution in [3.8, 4) is 5.88 Å². The average Bonchev–Trinajstić information content (AvgIpc) is 2.46. The first-order chi connectivity index (χ1) is 9.60. The van der Waals surface area contributed by atoms with Crippen LogP contribution in [0.15, 0.2) is 36.4 Å². The van der Waals surface area contributed by atoms with Crippen molar-refractivity contribution in [2.75, 3.05) is 12.4 Å². The first-order valence-corrected chi connectivity index (χ1v) is 6.15. The van der Waals surface area contributed by atoms with Gasteiger partial charge in [0.2, 0.25) is 5.88 Å². The van der Waals surface area contributed by atoms with Gasteiger partial charge in [0, 0.05) is 18.2 Å². The molecule has 1 heterocycles. The van der Waals surface area contributed by atoms with Gasteiger partial charge in [0.1, 0.15) is 0 Å². The van der Waals surface area contributed by atoms with Crippen LogP contribution in [0.5, 0.6) is 5.88 Å². The zero-order valence-electron chi connectivity index (χ0n) is 10.7. The summed E-state index contributed by atoms with van der Waals surface area (Å²) < 4.78 is 5.03. The number of halogens is 1. The number of non-ortho nitro benzene ring substituents is 1. The minimum Gasteiger partial charge on any atom is -0.481 e. The smallest absolute Gasteiger partial charge is 0.271 e. The van der Waals surface area contributed by atoms with Gasteiger partial charge in [-0.1, -0.05) is 17.7 Å². The van der Waals surface area contributed by atoms with Crippen molar-refractivity contribution in [3.05, 3.63) is 57.2 Å². The lowest BCUT2D eigenvalue weighted by Crippen LogP contribution is -2.03. The number of nitro groups is 1. The Morgan fingerprint density at radius 1 is 1.40 bits per heavy atom. The monoisotopic (exact) mass is 293 g/mol. The van der Waals surface area contributed by atoms with E-state index in [2.05, 4.69) is 10.3 Å². The summed E-state index contributed by atoms with van der Waals surface area (Å²) in [5.74, 6) is 0.509. The molecule has 2 aromatic rings. The van der Waals surface area contributed by atoms with Crippen molar-refractivity contribution in [1.82, 2.24) is 4.98 Å². The fraction of sp³-hybridized carbons (Fsp3) is 0.154. The molecule has 0 atom stereocenters. The van der Waals surface area contributed by atoms with Crippen LogP contribution in [-0.4, -0.2) is 17.0 Å². The molecule has 0 fully saturated rings. The van der Waals surface area contributed by atoms with Crippen LogP contribution in [0.25, 0.3) is 0 Å². The summed E-state index contributed by atoms with van der Waals surface area (Å²) in [7, 11) is 1.54. The molecule has 6 nitrogen and oxygen atoms in total. The molecule has 104 valence electrons. The molecule has 1 aromatic carbocycles. The number of rotatable bonds is 5. The molecule has 1 N–H and O–H groups in total. The topological polar surface area (TPSA) is 77.3 Å². The van der Waals surface area contributed by atoms with Gasteiger partial charge < -0.3 is 10.1 Å². The van der Waals surface area contributed by atoms with Crippen LogP contribution in [0, 0.1) is 10.1 Å². The maximum atomic E-state index is 10.7. The molecule has 0 bridgehead atoms. The molecule has 0 aliphatic rings. The third-order valence-electron chi connectivity index (χ3n) is 2.61. The van der Waals surface area contributed by atoms with Crippen molar-refractivity contribution in [3.63, 3.8) is 0 Å². The second-order valence-electron chi connectivity index (χ2n) is 3.95. The number of hydrogen-bond acceptors (Lipinski definition) is 5. The molecule has 1 aromatic heterocycles. The van der Waals surface area contributed by atoms with Gasteiger partial charge in [-0.15, -0.1) is 0 Å². The van der Waals surface area contributed by atoms with Crippen molar-refractivity contribution in [1.29, 1.82) is 0 Å². The van der Waals surface area contributed by atoms with Crippen LogP contribution in [-0.2, 0) is 6.54 Å². The van der Waals surface area contributed by atoms with Gasteiger partial charge in [-0.3, -0.25) is 10.1 Å². The van der Waals surface area contributed by atoms with E-state index in [1.54, 1.807) is 6.07 Å². The average molecular weight is 294 g/mol. The molecule has 7 heteroatoms. The fourth-order valence-electron chi connectivity index (χ4n) is 1.62. The number of nitrogens with one attached hydrogen (secondary N) is 1. The summed E-state index contributed by atoms with van der Waals surface area (Å²) in [6.07, 6.45) is 0. The van der Waals surface area contributed by atoms with Gasteiger partial charge in [-0.2, -0.15) is 0 Å². The van der Waals surface area contributed by atoms with E-state index in [9.17, 15) is 10.1 Å². The third-order valence-corrected chi connectivity index (χ3v) is 2.94. The SMILES string of the molecule is COc1cccc(CNc2cc([N+](=O)[O-])ccc2Cl)n1. The predicted octanol–water partition coefficient (Wildman–Crippen LogP) is 3.26. The van der Waals surface area contributed by atoms with E-state index < -0.39 is 4.92 Å². The molecule has 2 rings (SSSR count). The van der Waals surface area contributed by atoms with E-state index in [-0.39, 0.29) is 5.69 Å². The number of ether oxygens (including phenoxy) is 1. The van der Waals surface area contributed by atoms with Gasteiger partial charge in [0.25, 0.3) is 5.69 Å². The lowest BCUT2D eigenvalue weighted by atomic mass is 10.2. The van der Waals surface area contributed by atoms with Crippen LogP contribution in [0.1, 0.15) is 5.69 Å². The van der Waals surface area contributed by atoms with E-state index in [1.165, 1.54) is 25.3 Å². The number of aromatic nitrogens is 1. The van der Waals surface area contributed by atoms with E-state index in [4.69, 9.17) is 16.3 Å². The zero-order chi connectivity index (χ0) is 14.5. The number of hydrogen-bond donors (Lipinski definition) is 1. The number of pyridine rings is 1. The summed E-state index contributed by atoms with van der Waals surface area (Å²) in [5.41, 5.74) is 1.22. The molecule has 20 heavy (non-hydrogen) atoms. The molecule has 0 saturated carbocycles. The van der Waals surface area contributed by atoms with E-state index in [0.717, 1.165) is 5.69 Å². The highest BCUT2D eigenvalue weighted by Gasteiger charge is 2.09. The minimum absolute atomic E-state index is 0.0181. The largest absolute Gasteiger partial charge is 0.481 e. The van der Waals surface area contributed by atoms with Crippen LogP contribution < -0.4 is 10.1 Å². The van der Waals surface area contributed by atoms with Crippen molar-refractivity contribution < 1.29 is 9.66 Å². The number of anilines is 1. The summed E-state index contributed by atoms with van der Waals surface area (Å²) in [5, 5.41) is 14.2. The highest BCUT2D eigenvalue weighted by Crippen LogP contribution is 2.27. The predicted molar refractivity (Wildman–Crippen MR) is 76.2 cm³/mol. The summed E-state index contributed by atoms with van der Waals surface area (Å²) in [4.78, 5) is 14.5. The number of nitrogens with zero attached hydrogens (tertiary/aromatic N) is 2. The zero-order valence-corrected chi connectivity index (χ0v) is 11.4. The van der Waals surface area contributed by atoms with Gasteiger partial charge >= 0.3 is 0 Å². The van der Waals surface area contributed by atoms with Gasteiger partial charge in [-0.25, -0.2) is 4.98 Å². The highest BCUT2D eigenvalue weighted by molar-refractivity contribution is 6.33. The Kier molecular flexibility index (Phi) is 4.37. The summed E-state index contributed by atoms with van der Waals surface area (Å²) in [6.45, 7) is 0.387. The first kappa shape index (κ1) is 14.1. The van der Waals surface area contributed by atoms with Crippen LogP contribution in [0.3, 0.4) is 0 Å². The minimum atomic E-state index is -0.467. The Morgan fingerprint density at radius 2 is 2.20 bits per heavy atom. The maximum absolute atomic E-state index is 10.7. The van der Waals surface area contributed by atoms with Crippen molar-refractivity contribution in [2.24, 2.45) is 0 Å². The Bertz CT molecular complexity index is 634. The maximum Gasteiger partial charge on any atom is 0.271 e. The Morgan fingerprint density at radius 3 is 2.90 bits per heavy atom. The molecular weight excluding hydrogens is 282 g/mol. The molecular formula is C13H12ClN3O3. The lowest BCUT2D eigenvalue weighted by Gasteiger charge is -2.08. The highest BCUT2D eigenvalue weighted by atomic mass is 35.5. The Labute approximate surface area is 120 Å². The number of benzene rings is 1. The Balaban J connectivity index is 2.13. The van der Waals surface area contributed by atoms with Crippen molar-refractivity contribution in [2.45, 2.75) is 6.54 Å². The quantitative estimate of drug-likeness (QED) is 0.676. The van der Waals surface area contributed by atoms with Crippen LogP contribution >= 0.6 is 11.6 Å². The van der Waals surface area contributed by atoms with E-state index >= 15 is 0 Å². The second-order valence-corrected chi connectivity index (χ2v) is 4.35. The molecule has 0 amide bonds. The normalized spacial score (nSPS) is 10.1. The summed E-state index contributed by atoms with van der Waals surface area (Å²) >= 11 is 6.00. The van der Waals surface area contributed by atoms with E-state index in [0.29, 0.717) is 23.1 Å². The van der Waals surface area contributed by atoms with Crippen LogP contribution in [0.2, 0.25) is 5.02 Å². The number of nitro benzene ring substituents is 1.